The second kappa shape index (κ2) is 11.4. The summed E-state index contributed by atoms with van der Waals surface area (Å²) < 4.78 is 6.59. The van der Waals surface area contributed by atoms with Crippen LogP contribution in [0.1, 0.15) is 115 Å². The highest BCUT2D eigenvalue weighted by atomic mass is 16.5. The Bertz CT molecular complexity index is 759. The van der Waals surface area contributed by atoms with Gasteiger partial charge in [0.2, 0.25) is 0 Å². The minimum Gasteiger partial charge on any atom is -0.507 e. The van der Waals surface area contributed by atoms with E-state index in [2.05, 4.69) is 47.6 Å². The average molecular weight is 429 g/mol. The van der Waals surface area contributed by atoms with Gasteiger partial charge in [0.15, 0.2) is 0 Å². The van der Waals surface area contributed by atoms with Crippen molar-refractivity contribution in [3.05, 3.63) is 33.9 Å². The van der Waals surface area contributed by atoms with Crippen LogP contribution in [0.3, 0.4) is 0 Å². The molecule has 1 aliphatic rings. The lowest BCUT2D eigenvalue weighted by Gasteiger charge is -2.38. The Labute approximate surface area is 192 Å². The molecular formula is C29H48O2. The zero-order valence-electron chi connectivity index (χ0n) is 21.7. The van der Waals surface area contributed by atoms with Crippen LogP contribution in [-0.2, 0) is 6.42 Å². The van der Waals surface area contributed by atoms with E-state index in [1.54, 1.807) is 5.57 Å². The molecule has 31 heavy (non-hydrogen) atoms. The number of allylic oxidation sites excluding steroid dienone is 2. The van der Waals surface area contributed by atoms with Crippen molar-refractivity contribution >= 4 is 0 Å². The van der Waals surface area contributed by atoms with Crippen LogP contribution in [0, 0.1) is 32.6 Å². The molecule has 0 aromatic heterocycles. The Morgan fingerprint density at radius 1 is 1.03 bits per heavy atom. The summed E-state index contributed by atoms with van der Waals surface area (Å²) >= 11 is 0. The van der Waals surface area contributed by atoms with Crippen molar-refractivity contribution in [1.29, 1.82) is 0 Å². The van der Waals surface area contributed by atoms with Gasteiger partial charge in [-0.2, -0.15) is 0 Å². The maximum absolute atomic E-state index is 10.4. The molecule has 0 saturated heterocycles. The molecule has 0 radical (unpaired) electrons. The van der Waals surface area contributed by atoms with Crippen molar-refractivity contribution in [1.82, 2.24) is 0 Å². The van der Waals surface area contributed by atoms with Crippen molar-refractivity contribution in [3.63, 3.8) is 0 Å². The van der Waals surface area contributed by atoms with Gasteiger partial charge in [0.05, 0.1) is 0 Å². The van der Waals surface area contributed by atoms with Gasteiger partial charge in [0.25, 0.3) is 0 Å². The molecule has 1 N–H and O–H groups in total. The molecule has 1 aliphatic heterocycles. The minimum absolute atomic E-state index is 0.0831. The second-order valence-electron chi connectivity index (χ2n) is 11.0. The zero-order chi connectivity index (χ0) is 23.2. The normalized spacial score (nSPS) is 20.0. The predicted molar refractivity (Wildman–Crippen MR) is 134 cm³/mol. The van der Waals surface area contributed by atoms with Crippen molar-refractivity contribution in [2.75, 3.05) is 0 Å². The summed E-state index contributed by atoms with van der Waals surface area (Å²) in [6.45, 7) is 17.7. The van der Waals surface area contributed by atoms with Gasteiger partial charge in [-0.3, -0.25) is 0 Å². The molecule has 1 heterocycles. The second-order valence-corrected chi connectivity index (χ2v) is 11.0. The van der Waals surface area contributed by atoms with E-state index >= 15 is 0 Å². The number of ether oxygens (including phenoxy) is 1. The minimum atomic E-state index is -0.0831. The van der Waals surface area contributed by atoms with Crippen LogP contribution >= 0.6 is 0 Å². The number of rotatable bonds is 11. The van der Waals surface area contributed by atoms with Crippen LogP contribution in [0.2, 0.25) is 0 Å². The highest BCUT2D eigenvalue weighted by Gasteiger charge is 2.34. The summed E-state index contributed by atoms with van der Waals surface area (Å²) in [5.41, 5.74) is 5.76. The monoisotopic (exact) mass is 428 g/mol. The van der Waals surface area contributed by atoms with Crippen LogP contribution in [-0.4, -0.2) is 10.7 Å². The Morgan fingerprint density at radius 2 is 1.74 bits per heavy atom. The van der Waals surface area contributed by atoms with Crippen LogP contribution in [0.4, 0.5) is 0 Å². The lowest BCUT2D eigenvalue weighted by Crippen LogP contribution is -2.37. The Hall–Kier alpha value is -1.44. The van der Waals surface area contributed by atoms with E-state index < -0.39 is 0 Å². The number of hydrogen-bond donors (Lipinski definition) is 1. The van der Waals surface area contributed by atoms with E-state index in [1.165, 1.54) is 50.5 Å². The van der Waals surface area contributed by atoms with E-state index in [0.717, 1.165) is 53.5 Å². The fourth-order valence-corrected chi connectivity index (χ4v) is 4.95. The molecule has 0 bridgehead atoms. The van der Waals surface area contributed by atoms with Gasteiger partial charge in [0, 0.05) is 5.56 Å². The van der Waals surface area contributed by atoms with E-state index in [4.69, 9.17) is 4.74 Å². The van der Waals surface area contributed by atoms with Gasteiger partial charge in [-0.1, -0.05) is 45.3 Å². The van der Waals surface area contributed by atoms with Crippen molar-refractivity contribution in [3.8, 4) is 11.5 Å². The van der Waals surface area contributed by atoms with Gasteiger partial charge in [-0.05, 0) is 115 Å². The number of aromatic hydroxyl groups is 1. The summed E-state index contributed by atoms with van der Waals surface area (Å²) in [6, 6.07) is 0. The molecule has 0 fully saturated rings. The highest BCUT2D eigenvalue weighted by molar-refractivity contribution is 5.58. The number of hydrogen-bond acceptors (Lipinski definition) is 2. The number of benzene rings is 1. The Kier molecular flexibility index (Phi) is 9.52. The summed E-state index contributed by atoms with van der Waals surface area (Å²) in [6.07, 6.45) is 14.6. The van der Waals surface area contributed by atoms with Crippen LogP contribution in [0.5, 0.6) is 11.5 Å². The number of phenols is 1. The van der Waals surface area contributed by atoms with Gasteiger partial charge in [-0.25, -0.2) is 0 Å². The Balaban J connectivity index is 1.79. The smallest absolute Gasteiger partial charge is 0.127 e. The maximum Gasteiger partial charge on any atom is 0.127 e. The third-order valence-electron chi connectivity index (χ3n) is 7.50. The summed E-state index contributed by atoms with van der Waals surface area (Å²) in [5, 5.41) is 10.4. The summed E-state index contributed by atoms with van der Waals surface area (Å²) in [4.78, 5) is 0. The first kappa shape index (κ1) is 25.8. The van der Waals surface area contributed by atoms with Crippen LogP contribution in [0.25, 0.3) is 0 Å². The molecule has 2 unspecified atom stereocenters. The fraction of sp³-hybridized carbons (Fsp3) is 0.724. The Morgan fingerprint density at radius 3 is 2.42 bits per heavy atom. The standard InChI is InChI=1S/C29H48O2/c1-20(2)12-9-13-21(3)14-10-15-22(4)16-11-18-29(8)19-17-26-25(7)27(30)23(5)24(6)28(26)31-29/h14,20,22,30H,9-13,15-19H2,1-8H3. The molecule has 176 valence electrons. The fourth-order valence-electron chi connectivity index (χ4n) is 4.95. The van der Waals surface area contributed by atoms with Gasteiger partial charge in [0.1, 0.15) is 17.1 Å². The van der Waals surface area contributed by atoms with E-state index in [1.807, 2.05) is 13.8 Å². The predicted octanol–water partition coefficient (Wildman–Crippen LogP) is 8.76. The van der Waals surface area contributed by atoms with Crippen molar-refractivity contribution in [2.45, 2.75) is 125 Å². The molecular weight excluding hydrogens is 380 g/mol. The van der Waals surface area contributed by atoms with Crippen molar-refractivity contribution in [2.24, 2.45) is 11.8 Å². The number of phenolic OH excluding ortho intramolecular Hbond substituents is 1. The third kappa shape index (κ3) is 7.29. The topological polar surface area (TPSA) is 29.5 Å². The maximum atomic E-state index is 10.4. The molecule has 1 aromatic carbocycles. The first-order chi connectivity index (χ1) is 14.5. The molecule has 0 spiro atoms. The summed E-state index contributed by atoms with van der Waals surface area (Å²) in [5.74, 6) is 3.07. The average Bonchev–Trinajstić information content (AvgIpc) is 2.70. The van der Waals surface area contributed by atoms with Crippen LogP contribution in [0.15, 0.2) is 11.6 Å². The first-order valence-electron chi connectivity index (χ1n) is 12.7. The molecule has 2 nitrogen and oxygen atoms in total. The third-order valence-corrected chi connectivity index (χ3v) is 7.50. The van der Waals surface area contributed by atoms with Gasteiger partial charge in [-0.15, -0.1) is 0 Å². The molecule has 1 aromatic rings. The van der Waals surface area contributed by atoms with Crippen LogP contribution < -0.4 is 4.74 Å². The quantitative estimate of drug-likeness (QED) is 0.357. The van der Waals surface area contributed by atoms with E-state index in [9.17, 15) is 5.11 Å². The zero-order valence-corrected chi connectivity index (χ0v) is 21.7. The largest absolute Gasteiger partial charge is 0.507 e. The number of fused-ring (bicyclic) bond motifs is 1. The molecule has 2 heteroatoms. The molecule has 2 atom stereocenters. The molecule has 0 aliphatic carbocycles. The molecule has 0 saturated carbocycles. The van der Waals surface area contributed by atoms with Gasteiger partial charge < -0.3 is 9.84 Å². The highest BCUT2D eigenvalue weighted by Crippen LogP contribution is 2.44. The molecule has 0 amide bonds. The van der Waals surface area contributed by atoms with Crippen molar-refractivity contribution < 1.29 is 9.84 Å². The van der Waals surface area contributed by atoms with Gasteiger partial charge >= 0.3 is 0 Å². The lowest BCUT2D eigenvalue weighted by molar-refractivity contribution is 0.0512. The summed E-state index contributed by atoms with van der Waals surface area (Å²) in [7, 11) is 0. The molecule has 2 rings (SSSR count). The van der Waals surface area contributed by atoms with E-state index in [-0.39, 0.29) is 5.60 Å². The SMILES string of the molecule is CC(=CCCC(C)CCCC1(C)CCc2c(C)c(O)c(C)c(C)c2O1)CCCC(C)C. The first-order valence-corrected chi connectivity index (χ1v) is 12.7. The van der Waals surface area contributed by atoms with E-state index in [0.29, 0.717) is 5.75 Å². The lowest BCUT2D eigenvalue weighted by atomic mass is 9.84.